The minimum Gasteiger partial charge on any atom is -0.431 e. The molecule has 1 heterocycles. The highest BCUT2D eigenvalue weighted by Crippen LogP contribution is 2.33. The van der Waals surface area contributed by atoms with Crippen LogP contribution in [0.15, 0.2) is 18.2 Å². The van der Waals surface area contributed by atoms with Crippen LogP contribution in [0.3, 0.4) is 0 Å². The molecule has 0 atom stereocenters. The van der Waals surface area contributed by atoms with Gasteiger partial charge in [0.1, 0.15) is 5.82 Å². The third-order valence-electron chi connectivity index (χ3n) is 2.66. The molecule has 1 aromatic carbocycles. The Kier molecular flexibility index (Phi) is 3.47. The Morgan fingerprint density at radius 3 is 2.80 bits per heavy atom. The fourth-order valence-corrected chi connectivity index (χ4v) is 1.73. The van der Waals surface area contributed by atoms with Crippen molar-refractivity contribution in [2.75, 3.05) is 0 Å². The molecule has 0 aliphatic rings. The molecule has 0 saturated heterocycles. The number of nitro benzene ring substituents is 1. The molecule has 0 amide bonds. The van der Waals surface area contributed by atoms with Gasteiger partial charge in [-0.2, -0.15) is 5.10 Å². The maximum atomic E-state index is 13.0. The summed E-state index contributed by atoms with van der Waals surface area (Å²) in [6, 6.07) is 2.91. The Morgan fingerprint density at radius 1 is 1.50 bits per heavy atom. The minimum atomic E-state index is -0.762. The number of carbonyl (C=O) groups is 1. The van der Waals surface area contributed by atoms with Crippen molar-refractivity contribution >= 4 is 12.0 Å². The monoisotopic (exact) mass is 279 g/mol. The number of halogens is 1. The zero-order valence-corrected chi connectivity index (χ0v) is 10.7. The molecular formula is C12H10FN3O4. The fraction of sp³-hybridized carbons (Fsp3) is 0.167. The van der Waals surface area contributed by atoms with E-state index in [2.05, 4.69) is 5.10 Å². The van der Waals surface area contributed by atoms with Crippen LogP contribution in [0, 0.1) is 22.9 Å². The number of ether oxygens (including phenoxy) is 1. The molecule has 0 unspecified atom stereocenters. The van der Waals surface area contributed by atoms with Crippen LogP contribution in [0.1, 0.15) is 16.1 Å². The predicted molar refractivity (Wildman–Crippen MR) is 66.5 cm³/mol. The van der Waals surface area contributed by atoms with Crippen molar-refractivity contribution in [3.8, 4) is 11.6 Å². The van der Waals surface area contributed by atoms with Crippen molar-refractivity contribution in [3.63, 3.8) is 0 Å². The first-order valence-corrected chi connectivity index (χ1v) is 5.54. The van der Waals surface area contributed by atoms with Crippen molar-refractivity contribution < 1.29 is 18.8 Å². The zero-order valence-electron chi connectivity index (χ0n) is 10.7. The second-order valence-electron chi connectivity index (χ2n) is 4.02. The van der Waals surface area contributed by atoms with E-state index in [1.165, 1.54) is 11.7 Å². The van der Waals surface area contributed by atoms with Gasteiger partial charge in [0.05, 0.1) is 22.2 Å². The summed E-state index contributed by atoms with van der Waals surface area (Å²) in [4.78, 5) is 21.1. The Morgan fingerprint density at radius 2 is 2.20 bits per heavy atom. The molecule has 2 aromatic rings. The highest BCUT2D eigenvalue weighted by molar-refractivity contribution is 5.80. The number of nitrogens with zero attached hydrogens (tertiary/aromatic N) is 3. The summed E-state index contributed by atoms with van der Waals surface area (Å²) >= 11 is 0. The first-order valence-electron chi connectivity index (χ1n) is 5.54. The number of nitro groups is 1. The molecule has 0 saturated carbocycles. The van der Waals surface area contributed by atoms with E-state index in [0.29, 0.717) is 12.0 Å². The number of aryl methyl sites for hydroxylation is 2. The third kappa shape index (κ3) is 2.35. The SMILES string of the molecule is Cc1nn(C)c(Oc2ccc(F)cc2[N+](=O)[O-])c1C=O. The third-order valence-corrected chi connectivity index (χ3v) is 2.66. The van der Waals surface area contributed by atoms with Crippen LogP contribution in [-0.4, -0.2) is 21.0 Å². The van der Waals surface area contributed by atoms with Crippen LogP contribution in [0.2, 0.25) is 0 Å². The van der Waals surface area contributed by atoms with E-state index in [1.54, 1.807) is 6.92 Å². The summed E-state index contributed by atoms with van der Waals surface area (Å²) in [5.41, 5.74) is 0.0917. The first kappa shape index (κ1) is 13.7. The normalized spacial score (nSPS) is 10.3. The lowest BCUT2D eigenvalue weighted by Gasteiger charge is -2.07. The highest BCUT2D eigenvalue weighted by atomic mass is 19.1. The van der Waals surface area contributed by atoms with Gasteiger partial charge in [0.2, 0.25) is 11.6 Å². The van der Waals surface area contributed by atoms with Gasteiger partial charge in [-0.3, -0.25) is 14.9 Å². The Bertz CT molecular complexity index is 696. The molecule has 0 fully saturated rings. The standard InChI is InChI=1S/C12H10FN3O4/c1-7-9(6-17)12(15(2)14-7)20-11-4-3-8(13)5-10(11)16(18)19/h3-6H,1-2H3. The first-order chi connectivity index (χ1) is 9.43. The van der Waals surface area contributed by atoms with Gasteiger partial charge in [-0.1, -0.05) is 0 Å². The van der Waals surface area contributed by atoms with Crippen LogP contribution in [-0.2, 0) is 7.05 Å². The van der Waals surface area contributed by atoms with Crippen molar-refractivity contribution in [1.29, 1.82) is 0 Å². The lowest BCUT2D eigenvalue weighted by molar-refractivity contribution is -0.385. The number of hydrogen-bond acceptors (Lipinski definition) is 5. The van der Waals surface area contributed by atoms with E-state index in [-0.39, 0.29) is 17.2 Å². The number of hydrogen-bond donors (Lipinski definition) is 0. The topological polar surface area (TPSA) is 87.3 Å². The van der Waals surface area contributed by atoms with Gasteiger partial charge in [0, 0.05) is 7.05 Å². The molecule has 0 radical (unpaired) electrons. The fourth-order valence-electron chi connectivity index (χ4n) is 1.73. The number of aromatic nitrogens is 2. The predicted octanol–water partition coefficient (Wildman–Crippen LogP) is 2.38. The number of carbonyl (C=O) groups excluding carboxylic acids is 1. The van der Waals surface area contributed by atoms with Gasteiger partial charge in [-0.15, -0.1) is 0 Å². The average Bonchev–Trinajstić information content (AvgIpc) is 2.65. The van der Waals surface area contributed by atoms with Gasteiger partial charge in [-0.05, 0) is 19.1 Å². The van der Waals surface area contributed by atoms with E-state index in [4.69, 9.17) is 4.74 Å². The molecule has 0 aliphatic carbocycles. The quantitative estimate of drug-likeness (QED) is 0.487. The minimum absolute atomic E-state index is 0.0622. The molecule has 0 N–H and O–H groups in total. The summed E-state index contributed by atoms with van der Waals surface area (Å²) in [5.74, 6) is -0.851. The van der Waals surface area contributed by atoms with Crippen LogP contribution in [0.5, 0.6) is 11.6 Å². The summed E-state index contributed by atoms with van der Waals surface area (Å²) in [6.45, 7) is 1.61. The molecule has 20 heavy (non-hydrogen) atoms. The Labute approximate surface area is 112 Å². The molecule has 1 aromatic heterocycles. The van der Waals surface area contributed by atoms with Crippen LogP contribution in [0.4, 0.5) is 10.1 Å². The van der Waals surface area contributed by atoms with Crippen molar-refractivity contribution in [3.05, 3.63) is 45.4 Å². The number of rotatable bonds is 4. The molecule has 0 aliphatic heterocycles. The summed E-state index contributed by atoms with van der Waals surface area (Å²) in [5, 5.41) is 14.9. The molecule has 7 nitrogen and oxygen atoms in total. The smallest absolute Gasteiger partial charge is 0.314 e. The van der Waals surface area contributed by atoms with E-state index in [1.807, 2.05) is 0 Å². The Hall–Kier alpha value is -2.77. The van der Waals surface area contributed by atoms with E-state index in [9.17, 15) is 19.3 Å². The van der Waals surface area contributed by atoms with E-state index >= 15 is 0 Å². The van der Waals surface area contributed by atoms with Gasteiger partial charge >= 0.3 is 5.69 Å². The molecule has 0 bridgehead atoms. The van der Waals surface area contributed by atoms with Crippen molar-refractivity contribution in [2.24, 2.45) is 7.05 Å². The Balaban J connectivity index is 2.50. The largest absolute Gasteiger partial charge is 0.431 e. The highest BCUT2D eigenvalue weighted by Gasteiger charge is 2.21. The van der Waals surface area contributed by atoms with Crippen molar-refractivity contribution in [1.82, 2.24) is 9.78 Å². The van der Waals surface area contributed by atoms with Gasteiger partial charge in [0.15, 0.2) is 6.29 Å². The molecule has 8 heteroatoms. The molecule has 0 spiro atoms. The molecule has 104 valence electrons. The van der Waals surface area contributed by atoms with Gasteiger partial charge in [-0.25, -0.2) is 9.07 Å². The van der Waals surface area contributed by atoms with E-state index < -0.39 is 16.4 Å². The van der Waals surface area contributed by atoms with Gasteiger partial charge in [0.25, 0.3) is 0 Å². The summed E-state index contributed by atoms with van der Waals surface area (Å²) in [7, 11) is 1.53. The number of benzene rings is 1. The van der Waals surface area contributed by atoms with Gasteiger partial charge < -0.3 is 4.74 Å². The summed E-state index contributed by atoms with van der Waals surface area (Å²) < 4.78 is 19.7. The van der Waals surface area contributed by atoms with E-state index in [0.717, 1.165) is 18.2 Å². The number of aldehydes is 1. The van der Waals surface area contributed by atoms with Crippen LogP contribution >= 0.6 is 0 Å². The molecular weight excluding hydrogens is 269 g/mol. The average molecular weight is 279 g/mol. The van der Waals surface area contributed by atoms with Crippen molar-refractivity contribution in [2.45, 2.75) is 6.92 Å². The maximum absolute atomic E-state index is 13.0. The second kappa shape index (κ2) is 5.08. The summed E-state index contributed by atoms with van der Waals surface area (Å²) in [6.07, 6.45) is 0.549. The van der Waals surface area contributed by atoms with Crippen LogP contribution in [0.25, 0.3) is 0 Å². The van der Waals surface area contributed by atoms with Crippen LogP contribution < -0.4 is 4.74 Å². The second-order valence-corrected chi connectivity index (χ2v) is 4.02. The molecule has 2 rings (SSSR count). The lowest BCUT2D eigenvalue weighted by atomic mass is 10.2. The maximum Gasteiger partial charge on any atom is 0.314 e. The lowest BCUT2D eigenvalue weighted by Crippen LogP contribution is -2.00. The zero-order chi connectivity index (χ0) is 14.9.